The van der Waals surface area contributed by atoms with Crippen molar-refractivity contribution in [2.24, 2.45) is 0 Å². The molecule has 1 aliphatic heterocycles. The zero-order valence-electron chi connectivity index (χ0n) is 15.2. The Morgan fingerprint density at radius 2 is 2.00 bits per heavy atom. The number of fused-ring (bicyclic) bond motifs is 1. The van der Waals surface area contributed by atoms with Gasteiger partial charge in [0, 0.05) is 31.4 Å². The Bertz CT molecular complexity index is 988. The van der Waals surface area contributed by atoms with Crippen molar-refractivity contribution in [3.8, 4) is 0 Å². The van der Waals surface area contributed by atoms with Gasteiger partial charge in [0.15, 0.2) is 11.7 Å². The highest BCUT2D eigenvalue weighted by Crippen LogP contribution is 2.43. The van der Waals surface area contributed by atoms with Crippen molar-refractivity contribution in [3.63, 3.8) is 0 Å². The second-order valence-corrected chi connectivity index (χ2v) is 6.80. The van der Waals surface area contributed by atoms with Crippen LogP contribution in [0.3, 0.4) is 0 Å². The van der Waals surface area contributed by atoms with Crippen LogP contribution in [-0.4, -0.2) is 26.8 Å². The molecule has 1 aliphatic rings. The van der Waals surface area contributed by atoms with E-state index in [0.29, 0.717) is 0 Å². The first kappa shape index (κ1) is 19.0. The third-order valence-corrected chi connectivity index (χ3v) is 4.80. The quantitative estimate of drug-likeness (QED) is 0.696. The van der Waals surface area contributed by atoms with Gasteiger partial charge in [-0.1, -0.05) is 36.4 Å². The molecule has 2 N–H and O–H groups in total. The molecule has 0 radical (unpaired) electrons. The van der Waals surface area contributed by atoms with Gasteiger partial charge >= 0.3 is 6.18 Å². The first-order valence-electron chi connectivity index (χ1n) is 9.06. The van der Waals surface area contributed by atoms with Crippen LogP contribution in [0.4, 0.5) is 19.0 Å². The molecule has 3 heterocycles. The topological polar surface area (TPSA) is 71.8 Å². The number of benzene rings is 1. The summed E-state index contributed by atoms with van der Waals surface area (Å²) in [6.45, 7) is 0.206. The number of anilines is 1. The van der Waals surface area contributed by atoms with Gasteiger partial charge in [-0.25, -0.2) is 4.68 Å². The lowest BCUT2D eigenvalue weighted by atomic mass is 9.97. The highest BCUT2D eigenvalue weighted by molar-refractivity contribution is 5.93. The molecule has 0 bridgehead atoms. The summed E-state index contributed by atoms with van der Waals surface area (Å²) in [5, 5.41) is 9.68. The SMILES string of the molecule is O=C(NCc1cccnc1)c1cc2n(n1)[C@H](C(F)(F)F)C[C@@H](c1ccccc1)N2. The van der Waals surface area contributed by atoms with E-state index in [4.69, 9.17) is 0 Å². The largest absolute Gasteiger partial charge is 0.410 e. The number of rotatable bonds is 4. The fourth-order valence-electron chi connectivity index (χ4n) is 3.36. The first-order valence-corrected chi connectivity index (χ1v) is 9.06. The highest BCUT2D eigenvalue weighted by Gasteiger charge is 2.46. The van der Waals surface area contributed by atoms with Crippen LogP contribution in [-0.2, 0) is 6.54 Å². The monoisotopic (exact) mass is 401 g/mol. The second-order valence-electron chi connectivity index (χ2n) is 6.80. The van der Waals surface area contributed by atoms with Crippen molar-refractivity contribution in [2.45, 2.75) is 31.2 Å². The molecule has 1 aromatic carbocycles. The van der Waals surface area contributed by atoms with Crippen molar-refractivity contribution in [1.82, 2.24) is 20.1 Å². The molecular formula is C20H18F3N5O. The minimum atomic E-state index is -4.49. The number of nitrogens with zero attached hydrogens (tertiary/aromatic N) is 3. The summed E-state index contributed by atoms with van der Waals surface area (Å²) < 4.78 is 41.9. The third kappa shape index (κ3) is 4.08. The Hall–Kier alpha value is -3.36. The zero-order valence-corrected chi connectivity index (χ0v) is 15.2. The van der Waals surface area contributed by atoms with Gasteiger partial charge in [0.05, 0.1) is 6.04 Å². The molecule has 150 valence electrons. The molecule has 9 heteroatoms. The van der Waals surface area contributed by atoms with Gasteiger partial charge in [-0.2, -0.15) is 18.3 Å². The van der Waals surface area contributed by atoms with Gasteiger partial charge in [0.1, 0.15) is 5.82 Å². The van der Waals surface area contributed by atoms with E-state index in [0.717, 1.165) is 15.8 Å². The zero-order chi connectivity index (χ0) is 20.4. The molecule has 1 amide bonds. The highest BCUT2D eigenvalue weighted by atomic mass is 19.4. The second kappa shape index (κ2) is 7.57. The summed E-state index contributed by atoms with van der Waals surface area (Å²) in [4.78, 5) is 16.4. The Labute approximate surface area is 164 Å². The number of alkyl halides is 3. The van der Waals surface area contributed by atoms with E-state index in [1.54, 1.807) is 48.8 Å². The summed E-state index contributed by atoms with van der Waals surface area (Å²) in [6.07, 6.45) is -1.48. The minimum absolute atomic E-state index is 0.0700. The van der Waals surface area contributed by atoms with E-state index in [1.165, 1.54) is 6.07 Å². The summed E-state index contributed by atoms with van der Waals surface area (Å²) in [5.74, 6) is -0.381. The summed E-state index contributed by atoms with van der Waals surface area (Å²) in [6, 6.07) is 11.5. The van der Waals surface area contributed by atoms with E-state index < -0.39 is 24.2 Å². The fraction of sp³-hybridized carbons (Fsp3) is 0.250. The molecule has 3 aromatic rings. The Balaban J connectivity index is 1.58. The molecule has 0 saturated carbocycles. The number of carbonyl (C=O) groups is 1. The first-order chi connectivity index (χ1) is 13.9. The number of amides is 1. The van der Waals surface area contributed by atoms with E-state index in [1.807, 2.05) is 6.07 Å². The predicted molar refractivity (Wildman–Crippen MR) is 100 cm³/mol. The standard InChI is InChI=1S/C20H18F3N5O/c21-20(22,23)17-9-15(14-6-2-1-3-7-14)26-18-10-16(27-28(17)18)19(29)25-12-13-5-4-8-24-11-13/h1-8,10-11,15,17,26H,9,12H2,(H,25,29)/t15-,17-/m0/s1. The van der Waals surface area contributed by atoms with Crippen LogP contribution in [0.2, 0.25) is 0 Å². The van der Waals surface area contributed by atoms with Crippen LogP contribution >= 0.6 is 0 Å². The van der Waals surface area contributed by atoms with Crippen LogP contribution in [0.1, 0.15) is 40.1 Å². The van der Waals surface area contributed by atoms with Gasteiger partial charge in [-0.05, 0) is 17.2 Å². The van der Waals surface area contributed by atoms with Gasteiger partial charge < -0.3 is 10.6 Å². The summed E-state index contributed by atoms with van der Waals surface area (Å²) >= 11 is 0. The van der Waals surface area contributed by atoms with Crippen molar-refractivity contribution < 1.29 is 18.0 Å². The van der Waals surface area contributed by atoms with Gasteiger partial charge in [-0.3, -0.25) is 9.78 Å². The van der Waals surface area contributed by atoms with Crippen molar-refractivity contribution in [2.75, 3.05) is 5.32 Å². The number of carbonyl (C=O) groups excluding carboxylic acids is 1. The smallest absolute Gasteiger partial charge is 0.363 e. The maximum absolute atomic E-state index is 13.7. The number of halogens is 3. The maximum atomic E-state index is 13.7. The van der Waals surface area contributed by atoms with E-state index in [2.05, 4.69) is 20.7 Å². The molecule has 0 unspecified atom stereocenters. The molecule has 0 saturated heterocycles. The van der Waals surface area contributed by atoms with Crippen LogP contribution in [0.25, 0.3) is 0 Å². The molecule has 2 aromatic heterocycles. The van der Waals surface area contributed by atoms with E-state index in [-0.39, 0.29) is 24.5 Å². The summed E-state index contributed by atoms with van der Waals surface area (Å²) in [5.41, 5.74) is 1.45. The van der Waals surface area contributed by atoms with Crippen molar-refractivity contribution in [1.29, 1.82) is 0 Å². The Morgan fingerprint density at radius 1 is 1.21 bits per heavy atom. The summed E-state index contributed by atoms with van der Waals surface area (Å²) in [7, 11) is 0. The van der Waals surface area contributed by atoms with Crippen LogP contribution in [0, 0.1) is 0 Å². The van der Waals surface area contributed by atoms with Crippen LogP contribution in [0.15, 0.2) is 60.9 Å². The third-order valence-electron chi connectivity index (χ3n) is 4.80. The number of hydrogen-bond donors (Lipinski definition) is 2. The van der Waals surface area contributed by atoms with E-state index in [9.17, 15) is 18.0 Å². The minimum Gasteiger partial charge on any atom is -0.363 e. The molecule has 2 atom stereocenters. The van der Waals surface area contributed by atoms with Gasteiger partial charge in [-0.15, -0.1) is 0 Å². The number of nitrogens with one attached hydrogen (secondary N) is 2. The molecule has 29 heavy (non-hydrogen) atoms. The fourth-order valence-corrected chi connectivity index (χ4v) is 3.36. The number of hydrogen-bond acceptors (Lipinski definition) is 4. The lowest BCUT2D eigenvalue weighted by Gasteiger charge is -2.33. The van der Waals surface area contributed by atoms with Crippen LogP contribution < -0.4 is 10.6 Å². The van der Waals surface area contributed by atoms with Gasteiger partial charge in [0.2, 0.25) is 0 Å². The van der Waals surface area contributed by atoms with E-state index >= 15 is 0 Å². The van der Waals surface area contributed by atoms with Crippen LogP contribution in [0.5, 0.6) is 0 Å². The van der Waals surface area contributed by atoms with Crippen molar-refractivity contribution >= 4 is 11.7 Å². The molecule has 4 rings (SSSR count). The normalized spacial score (nSPS) is 18.6. The maximum Gasteiger partial charge on any atom is 0.410 e. The average molecular weight is 401 g/mol. The van der Waals surface area contributed by atoms with Crippen molar-refractivity contribution in [3.05, 3.63) is 77.7 Å². The number of pyridine rings is 1. The Kier molecular flexibility index (Phi) is 4.96. The lowest BCUT2D eigenvalue weighted by Crippen LogP contribution is -2.35. The number of aromatic nitrogens is 3. The molecular weight excluding hydrogens is 383 g/mol. The lowest BCUT2D eigenvalue weighted by molar-refractivity contribution is -0.173. The average Bonchev–Trinajstić information content (AvgIpc) is 3.16. The molecule has 0 spiro atoms. The van der Waals surface area contributed by atoms with Gasteiger partial charge in [0.25, 0.3) is 5.91 Å². The predicted octanol–water partition coefficient (Wildman–Crippen LogP) is 3.87. The molecule has 0 aliphatic carbocycles. The molecule has 0 fully saturated rings. The Morgan fingerprint density at radius 3 is 2.69 bits per heavy atom. The molecule has 6 nitrogen and oxygen atoms in total.